The number of sulfonamides is 1. The minimum atomic E-state index is -3.44. The number of hydrogen-bond donors (Lipinski definition) is 2. The van der Waals surface area contributed by atoms with Crippen LogP contribution in [0.3, 0.4) is 0 Å². The lowest BCUT2D eigenvalue weighted by molar-refractivity contribution is 0.596. The van der Waals surface area contributed by atoms with Crippen LogP contribution >= 0.6 is 0 Å². The number of rotatable bonds is 1. The van der Waals surface area contributed by atoms with Crippen LogP contribution in [-0.2, 0) is 15.8 Å². The van der Waals surface area contributed by atoms with Crippen molar-refractivity contribution in [3.05, 3.63) is 29.3 Å². The molecular formula is C9H11N3O2S. The first kappa shape index (κ1) is 9.97. The highest BCUT2D eigenvalue weighted by Crippen LogP contribution is 2.25. The Hall–Kier alpha value is -1.56. The molecular weight excluding hydrogens is 214 g/mol. The van der Waals surface area contributed by atoms with Gasteiger partial charge in [-0.25, -0.2) is 8.42 Å². The molecule has 1 aromatic rings. The summed E-state index contributed by atoms with van der Waals surface area (Å²) in [6.45, 7) is 0. The Balaban J connectivity index is 2.70. The van der Waals surface area contributed by atoms with Gasteiger partial charge >= 0.3 is 0 Å². The molecule has 0 spiro atoms. The van der Waals surface area contributed by atoms with Crippen LogP contribution in [0.4, 0.5) is 5.69 Å². The van der Waals surface area contributed by atoms with E-state index in [1.807, 2.05) is 6.07 Å². The molecule has 15 heavy (non-hydrogen) atoms. The molecule has 1 aliphatic rings. The van der Waals surface area contributed by atoms with Crippen LogP contribution in [0.1, 0.15) is 11.1 Å². The Morgan fingerprint density at radius 1 is 1.47 bits per heavy atom. The predicted octanol–water partition coefficient (Wildman–Crippen LogP) is 0.277. The molecule has 2 rings (SSSR count). The van der Waals surface area contributed by atoms with Crippen molar-refractivity contribution in [1.82, 2.24) is 0 Å². The number of amidine groups is 1. The molecule has 0 amide bonds. The molecule has 0 unspecified atom stereocenters. The van der Waals surface area contributed by atoms with Crippen LogP contribution in [-0.4, -0.2) is 21.3 Å². The second-order valence-corrected chi connectivity index (χ2v) is 4.93. The maximum absolute atomic E-state index is 11.3. The zero-order chi connectivity index (χ0) is 11.1. The average Bonchev–Trinajstić information content (AvgIpc) is 2.14. The molecule has 0 aliphatic carbocycles. The molecule has 1 aromatic carbocycles. The van der Waals surface area contributed by atoms with E-state index in [1.54, 1.807) is 19.2 Å². The van der Waals surface area contributed by atoms with Crippen LogP contribution in [0, 0.1) is 0 Å². The molecule has 1 heterocycles. The highest BCUT2D eigenvalue weighted by atomic mass is 32.2. The Kier molecular flexibility index (Phi) is 2.15. The van der Waals surface area contributed by atoms with Gasteiger partial charge in [0.2, 0.25) is 0 Å². The molecule has 0 fully saturated rings. The summed E-state index contributed by atoms with van der Waals surface area (Å²) in [7, 11) is -1.68. The van der Waals surface area contributed by atoms with E-state index in [9.17, 15) is 8.42 Å². The first-order chi connectivity index (χ1) is 7.03. The van der Waals surface area contributed by atoms with E-state index < -0.39 is 10.0 Å². The molecule has 0 saturated heterocycles. The largest absolute Gasteiger partial charge is 0.388 e. The Labute approximate surface area is 88.1 Å². The van der Waals surface area contributed by atoms with Crippen LogP contribution < -0.4 is 11.1 Å². The molecule has 3 N–H and O–H groups in total. The number of benzene rings is 1. The molecule has 0 bridgehead atoms. The van der Waals surface area contributed by atoms with Gasteiger partial charge in [0.15, 0.2) is 0 Å². The van der Waals surface area contributed by atoms with E-state index in [4.69, 9.17) is 5.73 Å². The third-order valence-corrected chi connectivity index (χ3v) is 3.40. The maximum atomic E-state index is 11.3. The second-order valence-electron chi connectivity index (χ2n) is 3.29. The number of nitrogens with one attached hydrogen (secondary N) is 1. The van der Waals surface area contributed by atoms with Crippen LogP contribution in [0.25, 0.3) is 0 Å². The molecule has 0 aromatic heterocycles. The van der Waals surface area contributed by atoms with Crippen molar-refractivity contribution in [2.24, 2.45) is 10.1 Å². The fourth-order valence-corrected chi connectivity index (χ4v) is 2.74. The standard InChI is InChI=1S/C9H11N3O2S/c1-11-7-4-2-3-6-5-15(13,14)12-9(10)8(6)7/h2-4,11H,5H2,1H3,(H2,10,12). The van der Waals surface area contributed by atoms with Crippen LogP contribution in [0.15, 0.2) is 22.6 Å². The van der Waals surface area contributed by atoms with Crippen molar-refractivity contribution in [2.45, 2.75) is 5.75 Å². The smallest absolute Gasteiger partial charge is 0.259 e. The molecule has 0 atom stereocenters. The minimum Gasteiger partial charge on any atom is -0.388 e. The normalized spacial score (nSPS) is 17.8. The van der Waals surface area contributed by atoms with Crippen molar-refractivity contribution in [3.8, 4) is 0 Å². The molecule has 1 aliphatic heterocycles. The van der Waals surface area contributed by atoms with Gasteiger partial charge in [-0.1, -0.05) is 12.1 Å². The summed E-state index contributed by atoms with van der Waals surface area (Å²) in [5.41, 5.74) is 7.80. The molecule has 0 saturated carbocycles. The van der Waals surface area contributed by atoms with Gasteiger partial charge in [0, 0.05) is 18.3 Å². The van der Waals surface area contributed by atoms with E-state index in [0.29, 0.717) is 11.1 Å². The van der Waals surface area contributed by atoms with E-state index >= 15 is 0 Å². The predicted molar refractivity (Wildman–Crippen MR) is 59.3 cm³/mol. The lowest BCUT2D eigenvalue weighted by Crippen LogP contribution is -2.24. The van der Waals surface area contributed by atoms with E-state index in [1.165, 1.54) is 0 Å². The van der Waals surface area contributed by atoms with Crippen molar-refractivity contribution < 1.29 is 8.42 Å². The number of hydrogen-bond acceptors (Lipinski definition) is 4. The summed E-state index contributed by atoms with van der Waals surface area (Å²) in [4.78, 5) is 0. The highest BCUT2D eigenvalue weighted by Gasteiger charge is 2.23. The zero-order valence-corrected chi connectivity index (χ0v) is 9.00. The number of anilines is 1. The van der Waals surface area contributed by atoms with Crippen molar-refractivity contribution in [3.63, 3.8) is 0 Å². The highest BCUT2D eigenvalue weighted by molar-refractivity contribution is 7.89. The fourth-order valence-electron chi connectivity index (χ4n) is 1.66. The van der Waals surface area contributed by atoms with E-state index in [-0.39, 0.29) is 11.6 Å². The SMILES string of the molecule is CNc1cccc2c1C(N)=NS(=O)(=O)C2. The summed E-state index contributed by atoms with van der Waals surface area (Å²) < 4.78 is 26.2. The molecule has 0 radical (unpaired) electrons. The van der Waals surface area contributed by atoms with Gasteiger partial charge < -0.3 is 11.1 Å². The molecule has 6 heteroatoms. The second kappa shape index (κ2) is 3.23. The van der Waals surface area contributed by atoms with E-state index in [2.05, 4.69) is 9.71 Å². The maximum Gasteiger partial charge on any atom is 0.259 e. The monoisotopic (exact) mass is 225 g/mol. The number of nitrogens with zero attached hydrogens (tertiary/aromatic N) is 1. The molecule has 80 valence electrons. The van der Waals surface area contributed by atoms with Crippen LogP contribution in [0.5, 0.6) is 0 Å². The minimum absolute atomic E-state index is 0.0567. The summed E-state index contributed by atoms with van der Waals surface area (Å²) >= 11 is 0. The Morgan fingerprint density at radius 3 is 2.87 bits per heavy atom. The fraction of sp³-hybridized carbons (Fsp3) is 0.222. The summed E-state index contributed by atoms with van der Waals surface area (Å²) in [6, 6.07) is 5.37. The van der Waals surface area contributed by atoms with Crippen molar-refractivity contribution in [2.75, 3.05) is 12.4 Å². The summed E-state index contributed by atoms with van der Waals surface area (Å²) in [5.74, 6) is -0.0281. The summed E-state index contributed by atoms with van der Waals surface area (Å²) in [5, 5.41) is 2.96. The first-order valence-electron chi connectivity index (χ1n) is 4.41. The van der Waals surface area contributed by atoms with Crippen molar-refractivity contribution >= 4 is 21.5 Å². The Morgan fingerprint density at radius 2 is 2.20 bits per heavy atom. The van der Waals surface area contributed by atoms with Crippen LogP contribution in [0.2, 0.25) is 0 Å². The van der Waals surface area contributed by atoms with Gasteiger partial charge in [-0.2, -0.15) is 0 Å². The summed E-state index contributed by atoms with van der Waals surface area (Å²) in [6.07, 6.45) is 0. The van der Waals surface area contributed by atoms with Gasteiger partial charge in [-0.15, -0.1) is 4.40 Å². The zero-order valence-electron chi connectivity index (χ0n) is 8.19. The van der Waals surface area contributed by atoms with Gasteiger partial charge in [0.25, 0.3) is 10.0 Å². The van der Waals surface area contributed by atoms with Crippen molar-refractivity contribution in [1.29, 1.82) is 0 Å². The topological polar surface area (TPSA) is 84.5 Å². The first-order valence-corrected chi connectivity index (χ1v) is 6.02. The third kappa shape index (κ3) is 1.68. The third-order valence-electron chi connectivity index (χ3n) is 2.25. The quantitative estimate of drug-likeness (QED) is 0.718. The average molecular weight is 225 g/mol. The number of nitrogens with two attached hydrogens (primary N) is 1. The Bertz CT molecular complexity index is 534. The van der Waals surface area contributed by atoms with Gasteiger partial charge in [0.1, 0.15) is 5.84 Å². The van der Waals surface area contributed by atoms with Gasteiger partial charge in [-0.05, 0) is 11.6 Å². The van der Waals surface area contributed by atoms with Gasteiger partial charge in [0.05, 0.1) is 5.75 Å². The van der Waals surface area contributed by atoms with Gasteiger partial charge in [-0.3, -0.25) is 0 Å². The molecule has 5 nitrogen and oxygen atoms in total. The van der Waals surface area contributed by atoms with E-state index in [0.717, 1.165) is 5.69 Å². The lowest BCUT2D eigenvalue weighted by atomic mass is 10.1. The lowest BCUT2D eigenvalue weighted by Gasteiger charge is -2.17. The number of fused-ring (bicyclic) bond motifs is 1.